The lowest BCUT2D eigenvalue weighted by atomic mass is 9.92. The number of pyridine rings is 1. The van der Waals surface area contributed by atoms with Gasteiger partial charge in [-0.2, -0.15) is 5.26 Å². The fourth-order valence-electron chi connectivity index (χ4n) is 4.72. The lowest BCUT2D eigenvalue weighted by Crippen LogP contribution is -2.54. The van der Waals surface area contributed by atoms with E-state index in [-0.39, 0.29) is 24.4 Å². The molecule has 0 N–H and O–H groups in total. The number of rotatable bonds is 8. The summed E-state index contributed by atoms with van der Waals surface area (Å²) in [6.45, 7) is 4.43. The zero-order valence-electron chi connectivity index (χ0n) is 20.0. The Morgan fingerprint density at radius 2 is 1.94 bits per heavy atom. The Morgan fingerprint density at radius 1 is 1.21 bits per heavy atom. The summed E-state index contributed by atoms with van der Waals surface area (Å²) in [7, 11) is 3.20. The Kier molecular flexibility index (Phi) is 7.44. The molecule has 0 spiro atoms. The molecule has 2 aromatic rings. The molecule has 0 radical (unpaired) electrons. The first-order valence-electron chi connectivity index (χ1n) is 11.7. The van der Waals surface area contributed by atoms with Crippen molar-refractivity contribution in [2.75, 3.05) is 45.4 Å². The van der Waals surface area contributed by atoms with E-state index >= 15 is 0 Å². The van der Waals surface area contributed by atoms with Gasteiger partial charge in [0.1, 0.15) is 23.3 Å². The van der Waals surface area contributed by atoms with E-state index in [1.807, 2.05) is 11.8 Å². The number of anilines is 1. The van der Waals surface area contributed by atoms with Crippen LogP contribution < -0.4 is 4.90 Å². The number of nitriles is 1. The number of hydrogen-bond donors (Lipinski definition) is 0. The maximum atomic E-state index is 13.6. The molecule has 2 heterocycles. The Balaban J connectivity index is 1.74. The highest BCUT2D eigenvalue weighted by atomic mass is 19.1. The molecule has 1 saturated heterocycles. The Labute approximate surface area is 200 Å². The van der Waals surface area contributed by atoms with Crippen LogP contribution in [0.25, 0.3) is 11.1 Å². The number of carbonyl (C=O) groups is 1. The molecule has 4 rings (SSSR count). The Morgan fingerprint density at radius 3 is 2.53 bits per heavy atom. The number of hydrogen-bond acceptors (Lipinski definition) is 6. The summed E-state index contributed by atoms with van der Waals surface area (Å²) in [5.74, 6) is 0.740. The monoisotopic (exact) mass is 466 g/mol. The van der Waals surface area contributed by atoms with E-state index in [1.54, 1.807) is 26.4 Å². The zero-order chi connectivity index (χ0) is 24.2. The summed E-state index contributed by atoms with van der Waals surface area (Å²) < 4.78 is 24.2. The van der Waals surface area contributed by atoms with Crippen molar-refractivity contribution in [1.29, 1.82) is 5.26 Å². The normalized spacial score (nSPS) is 18.1. The molecule has 1 aliphatic carbocycles. The summed E-state index contributed by atoms with van der Waals surface area (Å²) in [4.78, 5) is 21.6. The average molecular weight is 467 g/mol. The Bertz CT molecular complexity index is 1080. The van der Waals surface area contributed by atoms with Crippen LogP contribution in [0.2, 0.25) is 0 Å². The molecule has 1 aromatic heterocycles. The number of ether oxygens (including phenoxy) is 2. The molecule has 2 aliphatic rings. The molecule has 1 aliphatic heterocycles. The van der Waals surface area contributed by atoms with Gasteiger partial charge in [-0.3, -0.25) is 4.79 Å². The van der Waals surface area contributed by atoms with Crippen LogP contribution in [0.15, 0.2) is 24.3 Å². The van der Waals surface area contributed by atoms with Crippen molar-refractivity contribution in [3.8, 4) is 17.2 Å². The fraction of sp³-hybridized carbons (Fsp3) is 0.500. The third-order valence-electron chi connectivity index (χ3n) is 6.57. The molecule has 1 unspecified atom stereocenters. The van der Waals surface area contributed by atoms with Crippen LogP contribution in [0.4, 0.5) is 10.2 Å². The molecule has 1 atom stereocenters. The van der Waals surface area contributed by atoms with Crippen molar-refractivity contribution < 1.29 is 18.7 Å². The van der Waals surface area contributed by atoms with E-state index in [9.17, 15) is 14.4 Å². The van der Waals surface area contributed by atoms with E-state index in [2.05, 4.69) is 11.0 Å². The first kappa shape index (κ1) is 24.1. The molecule has 0 bridgehead atoms. The lowest BCUT2D eigenvalue weighted by molar-refractivity contribution is -0.134. The predicted octanol–water partition coefficient (Wildman–Crippen LogP) is 3.86. The largest absolute Gasteiger partial charge is 0.384 e. The minimum absolute atomic E-state index is 0.0153. The maximum absolute atomic E-state index is 13.6. The zero-order valence-corrected chi connectivity index (χ0v) is 20.0. The number of amides is 1. The van der Waals surface area contributed by atoms with Crippen LogP contribution in [0.3, 0.4) is 0 Å². The summed E-state index contributed by atoms with van der Waals surface area (Å²) in [5, 5.41) is 10.2. The van der Waals surface area contributed by atoms with Gasteiger partial charge in [-0.15, -0.1) is 0 Å². The third-order valence-corrected chi connectivity index (χ3v) is 6.57. The van der Waals surface area contributed by atoms with Gasteiger partial charge < -0.3 is 19.3 Å². The van der Waals surface area contributed by atoms with Crippen LogP contribution in [0.1, 0.15) is 48.9 Å². The fourth-order valence-corrected chi connectivity index (χ4v) is 4.72. The van der Waals surface area contributed by atoms with Crippen molar-refractivity contribution in [1.82, 2.24) is 9.88 Å². The predicted molar refractivity (Wildman–Crippen MR) is 127 cm³/mol. The highest BCUT2D eigenvalue weighted by Gasteiger charge is 2.35. The number of nitrogens with zero attached hydrogens (tertiary/aromatic N) is 4. The second-order valence-corrected chi connectivity index (χ2v) is 9.00. The lowest BCUT2D eigenvalue weighted by Gasteiger charge is -2.41. The number of methoxy groups -OCH3 is 2. The van der Waals surface area contributed by atoms with Gasteiger partial charge in [-0.05, 0) is 37.5 Å². The van der Waals surface area contributed by atoms with Crippen LogP contribution in [0, 0.1) is 17.1 Å². The molecule has 2 fully saturated rings. The number of piperazine rings is 1. The van der Waals surface area contributed by atoms with E-state index in [1.165, 1.54) is 12.1 Å². The molecule has 1 aromatic carbocycles. The van der Waals surface area contributed by atoms with Crippen molar-refractivity contribution in [2.45, 2.75) is 44.8 Å². The second kappa shape index (κ2) is 10.5. The summed E-state index contributed by atoms with van der Waals surface area (Å²) in [5.41, 5.74) is 3.93. The third kappa shape index (κ3) is 4.91. The van der Waals surface area contributed by atoms with Gasteiger partial charge in [0.05, 0.1) is 25.3 Å². The van der Waals surface area contributed by atoms with Crippen molar-refractivity contribution in [3.63, 3.8) is 0 Å². The van der Waals surface area contributed by atoms with Gasteiger partial charge in [0.2, 0.25) is 5.91 Å². The Hall–Kier alpha value is -3.02. The highest BCUT2D eigenvalue weighted by Crippen LogP contribution is 2.47. The minimum Gasteiger partial charge on any atom is -0.384 e. The first-order valence-corrected chi connectivity index (χ1v) is 11.7. The summed E-state index contributed by atoms with van der Waals surface area (Å²) in [6, 6.07) is 8.71. The van der Waals surface area contributed by atoms with Gasteiger partial charge in [0.25, 0.3) is 0 Å². The highest BCUT2D eigenvalue weighted by molar-refractivity contribution is 5.79. The number of halogens is 1. The molecule has 1 saturated carbocycles. The molecule has 180 valence electrons. The van der Waals surface area contributed by atoms with E-state index in [0.29, 0.717) is 50.0 Å². The van der Waals surface area contributed by atoms with Gasteiger partial charge in [-0.1, -0.05) is 12.1 Å². The van der Waals surface area contributed by atoms with Gasteiger partial charge in [0.15, 0.2) is 0 Å². The summed E-state index contributed by atoms with van der Waals surface area (Å²) >= 11 is 0. The number of aromatic nitrogens is 1. The maximum Gasteiger partial charge on any atom is 0.225 e. The van der Waals surface area contributed by atoms with Crippen LogP contribution >= 0.6 is 0 Å². The molecule has 1 amide bonds. The van der Waals surface area contributed by atoms with Crippen LogP contribution in [-0.2, 0) is 20.9 Å². The number of carbonyl (C=O) groups excluding carboxylic acids is 1. The quantitative estimate of drug-likeness (QED) is 0.588. The van der Waals surface area contributed by atoms with Crippen molar-refractivity contribution >= 4 is 11.7 Å². The molecule has 34 heavy (non-hydrogen) atoms. The van der Waals surface area contributed by atoms with E-state index < -0.39 is 0 Å². The van der Waals surface area contributed by atoms with Crippen molar-refractivity contribution in [3.05, 3.63) is 46.9 Å². The SMILES string of the molecule is COCCC(=O)N1CCN(c2nc(C3CC3)c(-c3ccc(F)cc3)c(COC)c2C#N)CC1C. The van der Waals surface area contributed by atoms with Gasteiger partial charge in [0, 0.05) is 56.9 Å². The smallest absolute Gasteiger partial charge is 0.225 e. The topological polar surface area (TPSA) is 78.7 Å². The van der Waals surface area contributed by atoms with Crippen molar-refractivity contribution in [2.24, 2.45) is 0 Å². The van der Waals surface area contributed by atoms with Gasteiger partial charge >= 0.3 is 0 Å². The minimum atomic E-state index is -0.304. The van der Waals surface area contributed by atoms with E-state index in [4.69, 9.17) is 14.5 Å². The number of benzene rings is 1. The van der Waals surface area contributed by atoms with E-state index in [0.717, 1.165) is 35.2 Å². The first-order chi connectivity index (χ1) is 16.5. The van der Waals surface area contributed by atoms with Gasteiger partial charge in [-0.25, -0.2) is 9.37 Å². The summed E-state index contributed by atoms with van der Waals surface area (Å²) in [6.07, 6.45) is 2.44. The molecule has 8 heteroatoms. The van der Waals surface area contributed by atoms with Crippen LogP contribution in [0.5, 0.6) is 0 Å². The second-order valence-electron chi connectivity index (χ2n) is 9.00. The molecular weight excluding hydrogens is 435 g/mol. The molecular formula is C26H31FN4O3. The molecule has 7 nitrogen and oxygen atoms in total. The standard InChI is InChI=1S/C26H31FN4O3/c1-17-15-30(11-12-31(17)23(32)10-13-33-2)26-21(14-28)22(16-34-3)24(25(29-26)19-4-5-19)18-6-8-20(27)9-7-18/h6-9,17,19H,4-5,10-13,15-16H2,1-3H3. The average Bonchev–Trinajstić information content (AvgIpc) is 3.68. The van der Waals surface area contributed by atoms with Crippen LogP contribution in [-0.4, -0.2) is 62.3 Å².